The third-order valence-corrected chi connectivity index (χ3v) is 9.77. The van der Waals surface area contributed by atoms with Gasteiger partial charge >= 0.3 is 17.9 Å². The van der Waals surface area contributed by atoms with Crippen LogP contribution in [-0.4, -0.2) is 37.2 Å². The summed E-state index contributed by atoms with van der Waals surface area (Å²) < 4.78 is 16.6. The molecule has 0 heterocycles. The van der Waals surface area contributed by atoms with E-state index >= 15 is 0 Å². The summed E-state index contributed by atoms with van der Waals surface area (Å²) >= 11 is 0. The van der Waals surface area contributed by atoms with Gasteiger partial charge in [-0.25, -0.2) is 0 Å². The van der Waals surface area contributed by atoms with E-state index in [4.69, 9.17) is 14.2 Å². The van der Waals surface area contributed by atoms with Crippen LogP contribution in [0.3, 0.4) is 0 Å². The van der Waals surface area contributed by atoms with Crippen LogP contribution >= 0.6 is 0 Å². The molecule has 0 aliphatic carbocycles. The Morgan fingerprint density at radius 3 is 1.34 bits per heavy atom. The van der Waals surface area contributed by atoms with Crippen molar-refractivity contribution in [3.8, 4) is 0 Å². The molecule has 1 atom stereocenters. The summed E-state index contributed by atoms with van der Waals surface area (Å²) in [4.78, 5) is 37.7. The summed E-state index contributed by atoms with van der Waals surface area (Å²) in [6, 6.07) is 0. The third kappa shape index (κ3) is 43.7. The molecule has 0 bridgehead atoms. The van der Waals surface area contributed by atoms with Crippen molar-refractivity contribution in [2.24, 2.45) is 0 Å². The van der Waals surface area contributed by atoms with Gasteiger partial charge in [-0.15, -0.1) is 0 Å². The van der Waals surface area contributed by atoms with E-state index in [1.54, 1.807) is 6.08 Å². The molecule has 0 radical (unpaired) electrons. The zero-order valence-electron chi connectivity index (χ0n) is 37.5. The number of rotatable bonds is 41. The maximum absolute atomic E-state index is 12.7. The molecular formula is C52H86O6. The highest BCUT2D eigenvalue weighted by atomic mass is 16.6. The van der Waals surface area contributed by atoms with E-state index < -0.39 is 12.1 Å². The van der Waals surface area contributed by atoms with E-state index in [-0.39, 0.29) is 38.0 Å². The van der Waals surface area contributed by atoms with Crippen LogP contribution in [0.4, 0.5) is 0 Å². The minimum Gasteiger partial charge on any atom is -0.462 e. The van der Waals surface area contributed by atoms with Crippen LogP contribution in [0.1, 0.15) is 207 Å². The molecule has 0 rings (SSSR count). The minimum atomic E-state index is -0.821. The summed E-state index contributed by atoms with van der Waals surface area (Å²) in [6.45, 7) is 6.25. The minimum absolute atomic E-state index is 0.112. The predicted octanol–water partition coefficient (Wildman–Crippen LogP) is 15.3. The lowest BCUT2D eigenvalue weighted by molar-refractivity contribution is -0.166. The molecule has 0 aromatic rings. The topological polar surface area (TPSA) is 78.9 Å². The van der Waals surface area contributed by atoms with Gasteiger partial charge in [0.15, 0.2) is 6.10 Å². The maximum atomic E-state index is 12.7. The molecule has 0 aliphatic rings. The fourth-order valence-electron chi connectivity index (χ4n) is 6.28. The molecule has 330 valence electrons. The lowest BCUT2D eigenvalue weighted by Gasteiger charge is -2.18. The Morgan fingerprint density at radius 2 is 0.810 bits per heavy atom. The van der Waals surface area contributed by atoms with Crippen LogP contribution in [0.15, 0.2) is 85.1 Å². The van der Waals surface area contributed by atoms with E-state index in [1.165, 1.54) is 83.5 Å². The Hall–Kier alpha value is -3.41. The van der Waals surface area contributed by atoms with Gasteiger partial charge in [0.05, 0.1) is 6.42 Å². The van der Waals surface area contributed by atoms with Gasteiger partial charge in [-0.3, -0.25) is 14.4 Å². The van der Waals surface area contributed by atoms with Gasteiger partial charge in [-0.1, -0.05) is 221 Å². The van der Waals surface area contributed by atoms with E-state index in [2.05, 4.69) is 69.4 Å². The molecule has 0 fully saturated rings. The van der Waals surface area contributed by atoms with Gasteiger partial charge in [-0.2, -0.15) is 0 Å². The lowest BCUT2D eigenvalue weighted by atomic mass is 10.0. The number of carbonyl (C=O) groups excluding carboxylic acids is 3. The summed E-state index contributed by atoms with van der Waals surface area (Å²) in [7, 11) is 0. The standard InChI is InChI=1S/C52H86O6/c1-4-7-10-13-16-19-21-23-25-27-28-30-33-36-39-42-45-51(54)57-48-49(47-56-50(53)44-41-38-35-32-18-15-12-9-6-3)58-52(55)46-43-40-37-34-31-29-26-24-22-20-17-14-11-8-5-2/h8-9,11-12,14,17-18,20,22,24,26,32,38,41,49H,4-7,10,13,15-16,19,21,23,25,27-31,33-37,39-40,42-48H2,1-3H3/b11-8-,12-9-,17-14-,22-20-,26-24-,32-18-,41-38-. The molecule has 0 aliphatic heterocycles. The molecule has 58 heavy (non-hydrogen) atoms. The van der Waals surface area contributed by atoms with E-state index in [0.29, 0.717) is 6.42 Å². The van der Waals surface area contributed by atoms with E-state index in [0.717, 1.165) is 83.5 Å². The summed E-state index contributed by atoms with van der Waals surface area (Å²) in [5.41, 5.74) is 0. The number of hydrogen-bond acceptors (Lipinski definition) is 6. The van der Waals surface area contributed by atoms with E-state index in [1.807, 2.05) is 30.4 Å². The number of hydrogen-bond donors (Lipinski definition) is 0. The smallest absolute Gasteiger partial charge is 0.309 e. The second-order valence-electron chi connectivity index (χ2n) is 15.4. The lowest BCUT2D eigenvalue weighted by Crippen LogP contribution is -2.30. The highest BCUT2D eigenvalue weighted by Gasteiger charge is 2.19. The van der Waals surface area contributed by atoms with Crippen molar-refractivity contribution in [1.82, 2.24) is 0 Å². The molecule has 0 saturated carbocycles. The zero-order valence-corrected chi connectivity index (χ0v) is 37.5. The van der Waals surface area contributed by atoms with Crippen molar-refractivity contribution >= 4 is 17.9 Å². The largest absolute Gasteiger partial charge is 0.462 e. The molecular weight excluding hydrogens is 721 g/mol. The average molecular weight is 807 g/mol. The second kappa shape index (κ2) is 46.3. The first kappa shape index (κ1) is 54.6. The molecule has 0 amide bonds. The third-order valence-electron chi connectivity index (χ3n) is 9.77. The van der Waals surface area contributed by atoms with Crippen LogP contribution in [0, 0.1) is 0 Å². The van der Waals surface area contributed by atoms with Gasteiger partial charge in [-0.05, 0) is 51.4 Å². The molecule has 0 aromatic heterocycles. The van der Waals surface area contributed by atoms with E-state index in [9.17, 15) is 14.4 Å². The van der Waals surface area contributed by atoms with Crippen LogP contribution < -0.4 is 0 Å². The number of unbranched alkanes of at least 4 members (excludes halogenated alkanes) is 20. The van der Waals surface area contributed by atoms with Gasteiger partial charge in [0.2, 0.25) is 0 Å². The Kier molecular flexibility index (Phi) is 43.6. The molecule has 0 aromatic carbocycles. The highest BCUT2D eigenvalue weighted by Crippen LogP contribution is 2.15. The first-order valence-corrected chi connectivity index (χ1v) is 23.6. The SMILES string of the molecule is CC\C=C/C=C\C=C/C=C\CCCCCCCC(=O)OC(COC(=O)C/C=C\C/C=C\C/C=C\CC)COC(=O)CCCCCCCCCCCCCCCCCC. The van der Waals surface area contributed by atoms with Crippen molar-refractivity contribution in [3.63, 3.8) is 0 Å². The van der Waals surface area contributed by atoms with Crippen LogP contribution in [0.25, 0.3) is 0 Å². The van der Waals surface area contributed by atoms with Crippen molar-refractivity contribution in [1.29, 1.82) is 0 Å². The molecule has 1 unspecified atom stereocenters. The van der Waals surface area contributed by atoms with Crippen molar-refractivity contribution in [2.75, 3.05) is 13.2 Å². The Morgan fingerprint density at radius 1 is 0.397 bits per heavy atom. The normalized spacial score (nSPS) is 12.8. The fourth-order valence-corrected chi connectivity index (χ4v) is 6.28. The average Bonchev–Trinajstić information content (AvgIpc) is 3.22. The van der Waals surface area contributed by atoms with Crippen molar-refractivity contribution in [3.05, 3.63) is 85.1 Å². The Labute approximate surface area is 356 Å². The molecule has 0 saturated heterocycles. The van der Waals surface area contributed by atoms with Gasteiger partial charge in [0, 0.05) is 12.8 Å². The Bertz CT molecular complexity index is 1160. The van der Waals surface area contributed by atoms with Gasteiger partial charge in [0.25, 0.3) is 0 Å². The fraction of sp³-hybridized carbons (Fsp3) is 0.673. The van der Waals surface area contributed by atoms with Crippen LogP contribution in [0.2, 0.25) is 0 Å². The molecule has 0 spiro atoms. The summed E-state index contributed by atoms with van der Waals surface area (Å²) in [5, 5.41) is 0. The molecule has 6 nitrogen and oxygen atoms in total. The number of esters is 3. The summed E-state index contributed by atoms with van der Waals surface area (Å²) in [6.07, 6.45) is 58.9. The number of allylic oxidation sites excluding steroid dienone is 13. The zero-order chi connectivity index (χ0) is 42.3. The Balaban J connectivity index is 4.43. The van der Waals surface area contributed by atoms with Gasteiger partial charge < -0.3 is 14.2 Å². The molecule has 0 N–H and O–H groups in total. The predicted molar refractivity (Wildman–Crippen MR) is 247 cm³/mol. The first-order chi connectivity index (χ1) is 28.5. The maximum Gasteiger partial charge on any atom is 0.309 e. The van der Waals surface area contributed by atoms with Gasteiger partial charge in [0.1, 0.15) is 13.2 Å². The van der Waals surface area contributed by atoms with Crippen molar-refractivity contribution in [2.45, 2.75) is 213 Å². The highest BCUT2D eigenvalue weighted by molar-refractivity contribution is 5.72. The second-order valence-corrected chi connectivity index (χ2v) is 15.4. The monoisotopic (exact) mass is 807 g/mol. The van der Waals surface area contributed by atoms with Crippen LogP contribution in [0.5, 0.6) is 0 Å². The summed E-state index contributed by atoms with van der Waals surface area (Å²) in [5.74, 6) is -1.07. The van der Waals surface area contributed by atoms with Crippen molar-refractivity contribution < 1.29 is 28.6 Å². The first-order valence-electron chi connectivity index (χ1n) is 23.6. The quantitative estimate of drug-likeness (QED) is 0.0201. The number of ether oxygens (including phenoxy) is 3. The molecule has 6 heteroatoms. The van der Waals surface area contributed by atoms with Crippen LogP contribution in [-0.2, 0) is 28.6 Å². The number of carbonyl (C=O) groups is 3.